The summed E-state index contributed by atoms with van der Waals surface area (Å²) in [5.41, 5.74) is 0.282. The second-order valence-electron chi connectivity index (χ2n) is 6.09. The van der Waals surface area contributed by atoms with Crippen LogP contribution in [0.1, 0.15) is 31.1 Å². The molecule has 2 aromatic rings. The van der Waals surface area contributed by atoms with Gasteiger partial charge in [0.15, 0.2) is 6.10 Å². The van der Waals surface area contributed by atoms with Gasteiger partial charge in [-0.05, 0) is 38.1 Å². The van der Waals surface area contributed by atoms with Crippen LogP contribution in [0.3, 0.4) is 0 Å². The molecular weight excluding hydrogens is 308 g/mol. The van der Waals surface area contributed by atoms with E-state index in [4.69, 9.17) is 19.5 Å². The molecule has 24 heavy (non-hydrogen) atoms. The standard InChI is InChI=1S/C18H18N2O4/c1-18(2)17(21)16(23-12-6-7-20-15(9-12)22-3)13-8-11(10-19)4-5-14(13)24-18/h4-9,16-17,21H,1-3H3. The molecule has 6 nitrogen and oxygen atoms in total. The molecule has 1 aliphatic heterocycles. The number of hydrogen-bond acceptors (Lipinski definition) is 6. The summed E-state index contributed by atoms with van der Waals surface area (Å²) in [5, 5.41) is 19.8. The van der Waals surface area contributed by atoms with Crippen molar-refractivity contribution in [1.29, 1.82) is 5.26 Å². The minimum atomic E-state index is -0.918. The number of nitriles is 1. The third-order valence-electron chi connectivity index (χ3n) is 4.00. The zero-order chi connectivity index (χ0) is 17.3. The third kappa shape index (κ3) is 2.86. The van der Waals surface area contributed by atoms with Crippen LogP contribution in [-0.2, 0) is 0 Å². The van der Waals surface area contributed by atoms with E-state index >= 15 is 0 Å². The Morgan fingerprint density at radius 1 is 1.29 bits per heavy atom. The van der Waals surface area contributed by atoms with Crippen LogP contribution in [0.2, 0.25) is 0 Å². The van der Waals surface area contributed by atoms with E-state index in [1.807, 2.05) is 0 Å². The van der Waals surface area contributed by atoms with Crippen molar-refractivity contribution in [2.45, 2.75) is 31.7 Å². The molecule has 124 valence electrons. The number of fused-ring (bicyclic) bond motifs is 1. The van der Waals surface area contributed by atoms with E-state index in [2.05, 4.69) is 11.1 Å². The minimum absolute atomic E-state index is 0.416. The molecule has 6 heteroatoms. The zero-order valence-electron chi connectivity index (χ0n) is 13.7. The van der Waals surface area contributed by atoms with Crippen LogP contribution in [0.4, 0.5) is 0 Å². The number of benzene rings is 1. The van der Waals surface area contributed by atoms with Gasteiger partial charge >= 0.3 is 0 Å². The third-order valence-corrected chi connectivity index (χ3v) is 4.00. The number of aliphatic hydroxyl groups excluding tert-OH is 1. The molecule has 1 N–H and O–H groups in total. The highest BCUT2D eigenvalue weighted by atomic mass is 16.5. The number of nitrogens with zero attached hydrogens (tertiary/aromatic N) is 2. The summed E-state index contributed by atoms with van der Waals surface area (Å²) in [7, 11) is 1.52. The Balaban J connectivity index is 2.03. The second-order valence-corrected chi connectivity index (χ2v) is 6.09. The number of pyridine rings is 1. The molecule has 2 unspecified atom stereocenters. The molecule has 2 atom stereocenters. The zero-order valence-corrected chi connectivity index (χ0v) is 13.7. The van der Waals surface area contributed by atoms with Crippen LogP contribution in [0.5, 0.6) is 17.4 Å². The highest BCUT2D eigenvalue weighted by molar-refractivity contribution is 5.46. The molecule has 0 saturated carbocycles. The average molecular weight is 326 g/mol. The number of methoxy groups -OCH3 is 1. The normalized spacial score (nSPS) is 21.1. The minimum Gasteiger partial charge on any atom is -0.485 e. The summed E-state index contributed by atoms with van der Waals surface area (Å²) in [6.45, 7) is 3.59. The fourth-order valence-electron chi connectivity index (χ4n) is 2.66. The molecule has 2 heterocycles. The van der Waals surface area contributed by atoms with E-state index in [0.29, 0.717) is 28.5 Å². The smallest absolute Gasteiger partial charge is 0.216 e. The lowest BCUT2D eigenvalue weighted by Gasteiger charge is -2.41. The van der Waals surface area contributed by atoms with Crippen molar-refractivity contribution < 1.29 is 19.3 Å². The average Bonchev–Trinajstić information content (AvgIpc) is 2.58. The number of hydrogen-bond donors (Lipinski definition) is 1. The molecule has 1 aromatic heterocycles. The van der Waals surface area contributed by atoms with Gasteiger partial charge in [-0.1, -0.05) is 0 Å². The predicted octanol–water partition coefficient (Wildman–Crippen LogP) is 2.61. The van der Waals surface area contributed by atoms with E-state index in [0.717, 1.165) is 0 Å². The Morgan fingerprint density at radius 3 is 2.79 bits per heavy atom. The summed E-state index contributed by atoms with van der Waals surface area (Å²) in [5.74, 6) is 1.52. The first-order chi connectivity index (χ1) is 11.4. The molecule has 0 radical (unpaired) electrons. The van der Waals surface area contributed by atoms with Crippen LogP contribution in [0, 0.1) is 11.3 Å². The fourth-order valence-corrected chi connectivity index (χ4v) is 2.66. The maximum atomic E-state index is 10.7. The SMILES string of the molecule is COc1cc(OC2c3cc(C#N)ccc3OC(C)(C)C2O)ccn1. The molecule has 1 aliphatic rings. The highest BCUT2D eigenvalue weighted by Crippen LogP contribution is 2.42. The first-order valence-corrected chi connectivity index (χ1v) is 7.52. The Labute approximate surface area is 140 Å². The van der Waals surface area contributed by atoms with E-state index < -0.39 is 17.8 Å². The van der Waals surface area contributed by atoms with Crippen LogP contribution in [-0.4, -0.2) is 28.9 Å². The van der Waals surface area contributed by atoms with E-state index in [1.165, 1.54) is 7.11 Å². The monoisotopic (exact) mass is 326 g/mol. The highest BCUT2D eigenvalue weighted by Gasteiger charge is 2.44. The van der Waals surface area contributed by atoms with Crippen molar-refractivity contribution in [1.82, 2.24) is 4.98 Å². The topological polar surface area (TPSA) is 84.6 Å². The van der Waals surface area contributed by atoms with Gasteiger partial charge in [0.05, 0.1) is 18.7 Å². The van der Waals surface area contributed by atoms with Crippen molar-refractivity contribution >= 4 is 0 Å². The van der Waals surface area contributed by atoms with Crippen molar-refractivity contribution in [3.63, 3.8) is 0 Å². The largest absolute Gasteiger partial charge is 0.485 e. The molecule has 0 amide bonds. The van der Waals surface area contributed by atoms with Gasteiger partial charge in [-0.15, -0.1) is 0 Å². The molecule has 0 bridgehead atoms. The number of ether oxygens (including phenoxy) is 3. The fraction of sp³-hybridized carbons (Fsp3) is 0.333. The molecule has 0 spiro atoms. The van der Waals surface area contributed by atoms with E-state index in [9.17, 15) is 5.11 Å². The van der Waals surface area contributed by atoms with Crippen LogP contribution in [0.15, 0.2) is 36.5 Å². The molecule has 3 rings (SSSR count). The second kappa shape index (κ2) is 6.02. The summed E-state index contributed by atoms with van der Waals surface area (Å²) in [4.78, 5) is 4.04. The van der Waals surface area contributed by atoms with Gasteiger partial charge in [-0.25, -0.2) is 4.98 Å². The van der Waals surface area contributed by atoms with E-state index in [-0.39, 0.29) is 0 Å². The lowest BCUT2D eigenvalue weighted by atomic mass is 9.87. The predicted molar refractivity (Wildman–Crippen MR) is 86.0 cm³/mol. The first kappa shape index (κ1) is 16.1. The van der Waals surface area contributed by atoms with E-state index in [1.54, 1.807) is 50.4 Å². The first-order valence-electron chi connectivity index (χ1n) is 7.52. The van der Waals surface area contributed by atoms with Crippen molar-refractivity contribution in [3.8, 4) is 23.4 Å². The van der Waals surface area contributed by atoms with Gasteiger partial charge in [0, 0.05) is 17.8 Å². The summed E-state index contributed by atoms with van der Waals surface area (Å²) in [6, 6.07) is 10.5. The summed E-state index contributed by atoms with van der Waals surface area (Å²) >= 11 is 0. The Bertz CT molecular complexity index is 798. The molecule has 0 aliphatic carbocycles. The Kier molecular flexibility index (Phi) is 4.04. The molecule has 0 fully saturated rings. The molecule has 1 aromatic carbocycles. The lowest BCUT2D eigenvalue weighted by molar-refractivity contribution is -0.103. The van der Waals surface area contributed by atoms with Crippen molar-refractivity contribution in [2.75, 3.05) is 7.11 Å². The van der Waals surface area contributed by atoms with Crippen LogP contribution >= 0.6 is 0 Å². The van der Waals surface area contributed by atoms with Gasteiger partial charge in [-0.2, -0.15) is 5.26 Å². The number of rotatable bonds is 3. The van der Waals surface area contributed by atoms with Gasteiger partial charge in [0.2, 0.25) is 5.88 Å². The van der Waals surface area contributed by atoms with Crippen molar-refractivity contribution in [3.05, 3.63) is 47.7 Å². The molecular formula is C18H18N2O4. The number of aromatic nitrogens is 1. The molecule has 0 saturated heterocycles. The van der Waals surface area contributed by atoms with Crippen molar-refractivity contribution in [2.24, 2.45) is 0 Å². The van der Waals surface area contributed by atoms with Gasteiger partial charge in [0.25, 0.3) is 0 Å². The van der Waals surface area contributed by atoms with Gasteiger partial charge in [-0.3, -0.25) is 0 Å². The quantitative estimate of drug-likeness (QED) is 0.933. The van der Waals surface area contributed by atoms with Crippen LogP contribution < -0.4 is 14.2 Å². The number of aliphatic hydroxyl groups is 1. The lowest BCUT2D eigenvalue weighted by Crippen LogP contribution is -2.50. The van der Waals surface area contributed by atoms with Crippen LogP contribution in [0.25, 0.3) is 0 Å². The maximum absolute atomic E-state index is 10.7. The summed E-state index contributed by atoms with van der Waals surface area (Å²) in [6.07, 6.45) is -0.0280. The van der Waals surface area contributed by atoms with Gasteiger partial charge in [0.1, 0.15) is 23.2 Å². The maximum Gasteiger partial charge on any atom is 0.216 e. The Morgan fingerprint density at radius 2 is 2.08 bits per heavy atom. The van der Waals surface area contributed by atoms with Gasteiger partial charge < -0.3 is 19.3 Å². The Hall–Kier alpha value is -2.78. The summed E-state index contributed by atoms with van der Waals surface area (Å²) < 4.78 is 17.0.